The lowest BCUT2D eigenvalue weighted by molar-refractivity contribution is -0.124. The largest absolute Gasteiger partial charge is 0.347 e. The number of rotatable bonds is 6. The number of nitrogens with one attached hydrogen (secondary N) is 3. The second-order valence-corrected chi connectivity index (χ2v) is 5.65. The number of carbonyl (C=O) groups is 2. The summed E-state index contributed by atoms with van der Waals surface area (Å²) in [6.07, 6.45) is 0.573. The number of halogens is 2. The summed E-state index contributed by atoms with van der Waals surface area (Å²) >= 11 is 0. The summed E-state index contributed by atoms with van der Waals surface area (Å²) in [5, 5.41) is 4.85. The highest BCUT2D eigenvalue weighted by atomic mass is 19.2. The summed E-state index contributed by atoms with van der Waals surface area (Å²) in [7, 11) is 0. The van der Waals surface area contributed by atoms with Gasteiger partial charge in [-0.15, -0.1) is 0 Å². The van der Waals surface area contributed by atoms with Crippen molar-refractivity contribution in [3.05, 3.63) is 59.9 Å². The molecular formula is C18H16F2N4O2. The molecule has 3 N–H and O–H groups in total. The number of hydrogen-bond acceptors (Lipinski definition) is 3. The topological polar surface area (TPSA) is 86.9 Å². The summed E-state index contributed by atoms with van der Waals surface area (Å²) in [5.41, 5.74) is 1.84. The number of aromatic nitrogens is 2. The van der Waals surface area contributed by atoms with Gasteiger partial charge >= 0.3 is 0 Å². The van der Waals surface area contributed by atoms with E-state index in [-0.39, 0.29) is 24.6 Å². The smallest absolute Gasteiger partial charge is 0.243 e. The van der Waals surface area contributed by atoms with E-state index in [1.807, 2.05) is 24.3 Å². The van der Waals surface area contributed by atoms with E-state index < -0.39 is 17.5 Å². The van der Waals surface area contributed by atoms with Crippen LogP contribution in [0.2, 0.25) is 0 Å². The lowest BCUT2D eigenvalue weighted by atomic mass is 10.3. The van der Waals surface area contributed by atoms with E-state index in [2.05, 4.69) is 20.6 Å². The molecule has 0 spiro atoms. The number of hydrogen-bond donors (Lipinski definition) is 3. The Labute approximate surface area is 147 Å². The van der Waals surface area contributed by atoms with E-state index in [0.717, 1.165) is 23.2 Å². The highest BCUT2D eigenvalue weighted by molar-refractivity contribution is 5.94. The molecule has 0 atom stereocenters. The molecule has 3 rings (SSSR count). The quantitative estimate of drug-likeness (QED) is 0.633. The van der Waals surface area contributed by atoms with Gasteiger partial charge in [-0.1, -0.05) is 12.1 Å². The fourth-order valence-corrected chi connectivity index (χ4v) is 2.40. The van der Waals surface area contributed by atoms with Crippen LogP contribution in [0.1, 0.15) is 12.2 Å². The molecule has 2 aromatic carbocycles. The Morgan fingerprint density at radius 3 is 2.62 bits per heavy atom. The highest BCUT2D eigenvalue weighted by Gasteiger charge is 2.09. The Morgan fingerprint density at radius 1 is 1.04 bits per heavy atom. The first-order chi connectivity index (χ1) is 12.5. The summed E-state index contributed by atoms with van der Waals surface area (Å²) in [5.74, 6) is -2.22. The maximum atomic E-state index is 13.1. The summed E-state index contributed by atoms with van der Waals surface area (Å²) < 4.78 is 25.9. The van der Waals surface area contributed by atoms with Gasteiger partial charge in [0.2, 0.25) is 11.8 Å². The fourth-order valence-electron chi connectivity index (χ4n) is 2.40. The minimum atomic E-state index is -1.06. The molecule has 2 amide bonds. The van der Waals surface area contributed by atoms with Crippen LogP contribution in [0.15, 0.2) is 42.5 Å². The lowest BCUT2D eigenvalue weighted by Gasteiger charge is -2.07. The normalized spacial score (nSPS) is 10.7. The zero-order valence-corrected chi connectivity index (χ0v) is 13.7. The maximum Gasteiger partial charge on any atom is 0.243 e. The average Bonchev–Trinajstić information content (AvgIpc) is 3.04. The van der Waals surface area contributed by atoms with Crippen LogP contribution >= 0.6 is 0 Å². The molecular weight excluding hydrogens is 342 g/mol. The van der Waals surface area contributed by atoms with Crippen molar-refractivity contribution in [1.29, 1.82) is 0 Å². The van der Waals surface area contributed by atoms with Crippen molar-refractivity contribution in [1.82, 2.24) is 15.3 Å². The second-order valence-electron chi connectivity index (χ2n) is 5.65. The lowest BCUT2D eigenvalue weighted by Crippen LogP contribution is -2.33. The van der Waals surface area contributed by atoms with Gasteiger partial charge in [0.1, 0.15) is 5.82 Å². The number of nitrogens with zero attached hydrogens (tertiary/aromatic N) is 1. The van der Waals surface area contributed by atoms with Crippen molar-refractivity contribution >= 4 is 28.5 Å². The van der Waals surface area contributed by atoms with Crippen LogP contribution in [-0.2, 0) is 16.0 Å². The van der Waals surface area contributed by atoms with Crippen LogP contribution in [0.3, 0.4) is 0 Å². The van der Waals surface area contributed by atoms with Crippen LogP contribution in [-0.4, -0.2) is 28.3 Å². The number of para-hydroxylation sites is 2. The molecule has 0 fully saturated rings. The van der Waals surface area contributed by atoms with Gasteiger partial charge in [0.05, 0.1) is 17.6 Å². The predicted octanol–water partition coefficient (Wildman–Crippen LogP) is 2.53. The number of carbonyl (C=O) groups excluding carboxylic acids is 2. The van der Waals surface area contributed by atoms with Gasteiger partial charge in [0, 0.05) is 24.6 Å². The van der Waals surface area contributed by atoms with Crippen molar-refractivity contribution in [2.24, 2.45) is 0 Å². The second kappa shape index (κ2) is 7.73. The molecule has 0 unspecified atom stereocenters. The molecule has 0 saturated heterocycles. The SMILES string of the molecule is O=C(CCc1nc2ccccc2[nH]1)NCC(=O)Nc1ccc(F)c(F)c1. The fraction of sp³-hybridized carbons (Fsp3) is 0.167. The minimum Gasteiger partial charge on any atom is -0.347 e. The average molecular weight is 358 g/mol. The van der Waals surface area contributed by atoms with Crippen LogP contribution < -0.4 is 10.6 Å². The van der Waals surface area contributed by atoms with Crippen molar-refractivity contribution in [2.45, 2.75) is 12.8 Å². The number of fused-ring (bicyclic) bond motifs is 1. The Morgan fingerprint density at radius 2 is 1.85 bits per heavy atom. The van der Waals surface area contributed by atoms with Gasteiger partial charge < -0.3 is 15.6 Å². The molecule has 0 radical (unpaired) electrons. The van der Waals surface area contributed by atoms with Gasteiger partial charge in [-0.2, -0.15) is 0 Å². The molecule has 0 bridgehead atoms. The molecule has 0 saturated carbocycles. The summed E-state index contributed by atoms with van der Waals surface area (Å²) in [6, 6.07) is 10.6. The third kappa shape index (κ3) is 4.41. The van der Waals surface area contributed by atoms with E-state index in [9.17, 15) is 18.4 Å². The first-order valence-electron chi connectivity index (χ1n) is 7.96. The first-order valence-corrected chi connectivity index (χ1v) is 7.96. The van der Waals surface area contributed by atoms with Gasteiger partial charge in [-0.25, -0.2) is 13.8 Å². The van der Waals surface area contributed by atoms with Gasteiger partial charge in [0.15, 0.2) is 11.6 Å². The molecule has 6 nitrogen and oxygen atoms in total. The monoisotopic (exact) mass is 358 g/mol. The van der Waals surface area contributed by atoms with Crippen molar-refractivity contribution in [2.75, 3.05) is 11.9 Å². The number of imidazole rings is 1. The number of aryl methyl sites for hydroxylation is 1. The number of amides is 2. The van der Waals surface area contributed by atoms with Crippen LogP contribution in [0.5, 0.6) is 0 Å². The van der Waals surface area contributed by atoms with Crippen LogP contribution in [0, 0.1) is 11.6 Å². The minimum absolute atomic E-state index is 0.116. The number of aromatic amines is 1. The van der Waals surface area contributed by atoms with E-state index in [1.54, 1.807) is 0 Å². The Hall–Kier alpha value is -3.29. The van der Waals surface area contributed by atoms with Crippen molar-refractivity contribution < 1.29 is 18.4 Å². The molecule has 0 aliphatic heterocycles. The van der Waals surface area contributed by atoms with Crippen LogP contribution in [0.25, 0.3) is 11.0 Å². The van der Waals surface area contributed by atoms with E-state index in [4.69, 9.17) is 0 Å². The Bertz CT molecular complexity index is 922. The number of anilines is 1. The Kier molecular flexibility index (Phi) is 5.21. The zero-order valence-electron chi connectivity index (χ0n) is 13.7. The van der Waals surface area contributed by atoms with Gasteiger partial charge in [-0.05, 0) is 24.3 Å². The van der Waals surface area contributed by atoms with E-state index in [0.29, 0.717) is 12.2 Å². The first kappa shape index (κ1) is 17.5. The molecule has 1 heterocycles. The van der Waals surface area contributed by atoms with Crippen molar-refractivity contribution in [3.8, 4) is 0 Å². The maximum absolute atomic E-state index is 13.1. The molecule has 3 aromatic rings. The standard InChI is InChI=1S/C18H16F2N4O2/c19-12-6-5-11(9-13(12)20)22-18(26)10-21-17(25)8-7-16-23-14-3-1-2-4-15(14)24-16/h1-6,9H,7-8,10H2,(H,21,25)(H,22,26)(H,23,24). The molecule has 0 aliphatic carbocycles. The van der Waals surface area contributed by atoms with E-state index in [1.165, 1.54) is 6.07 Å². The number of benzene rings is 2. The molecule has 0 aliphatic rings. The van der Waals surface area contributed by atoms with Gasteiger partial charge in [0.25, 0.3) is 0 Å². The van der Waals surface area contributed by atoms with Crippen molar-refractivity contribution in [3.63, 3.8) is 0 Å². The highest BCUT2D eigenvalue weighted by Crippen LogP contribution is 2.13. The molecule has 134 valence electrons. The number of H-pyrrole nitrogens is 1. The molecule has 1 aromatic heterocycles. The third-order valence-corrected chi connectivity index (χ3v) is 3.68. The molecule has 26 heavy (non-hydrogen) atoms. The van der Waals surface area contributed by atoms with E-state index >= 15 is 0 Å². The summed E-state index contributed by atoms with van der Waals surface area (Å²) in [6.45, 7) is -0.266. The van der Waals surface area contributed by atoms with Crippen LogP contribution in [0.4, 0.5) is 14.5 Å². The van der Waals surface area contributed by atoms with Gasteiger partial charge in [-0.3, -0.25) is 9.59 Å². The zero-order chi connectivity index (χ0) is 18.5. The molecule has 8 heteroatoms. The predicted molar refractivity (Wildman–Crippen MR) is 92.4 cm³/mol. The summed E-state index contributed by atoms with van der Waals surface area (Å²) in [4.78, 5) is 31.1. The Balaban J connectivity index is 1.44. The third-order valence-electron chi connectivity index (χ3n) is 3.68.